The Balaban J connectivity index is 0.00000121. The number of benzene rings is 1. The SMILES string of the molecule is CC.N[C@@H](Cc1ccc([N+](=O)[O-])cc1)C(=O)O. The van der Waals surface area contributed by atoms with Crippen LogP contribution in [-0.4, -0.2) is 22.0 Å². The summed E-state index contributed by atoms with van der Waals surface area (Å²) in [5, 5.41) is 18.9. The van der Waals surface area contributed by atoms with Crippen molar-refractivity contribution in [1.29, 1.82) is 0 Å². The van der Waals surface area contributed by atoms with Gasteiger partial charge in [-0.3, -0.25) is 14.9 Å². The molecule has 0 unspecified atom stereocenters. The molecule has 0 bridgehead atoms. The van der Waals surface area contributed by atoms with E-state index in [4.69, 9.17) is 10.8 Å². The zero-order valence-corrected chi connectivity index (χ0v) is 9.79. The summed E-state index contributed by atoms with van der Waals surface area (Å²) in [6.45, 7) is 4.00. The molecule has 0 amide bonds. The van der Waals surface area contributed by atoms with E-state index in [0.717, 1.165) is 0 Å². The van der Waals surface area contributed by atoms with Crippen LogP contribution in [0.15, 0.2) is 24.3 Å². The van der Waals surface area contributed by atoms with E-state index < -0.39 is 16.9 Å². The highest BCUT2D eigenvalue weighted by molar-refractivity contribution is 5.73. The van der Waals surface area contributed by atoms with Gasteiger partial charge in [-0.15, -0.1) is 0 Å². The summed E-state index contributed by atoms with van der Waals surface area (Å²) in [6, 6.07) is 4.67. The number of aliphatic carboxylic acids is 1. The smallest absolute Gasteiger partial charge is 0.320 e. The lowest BCUT2D eigenvalue weighted by atomic mass is 10.1. The van der Waals surface area contributed by atoms with Gasteiger partial charge in [-0.25, -0.2) is 0 Å². The van der Waals surface area contributed by atoms with Crippen LogP contribution in [0.5, 0.6) is 0 Å². The van der Waals surface area contributed by atoms with E-state index in [1.807, 2.05) is 13.8 Å². The molecule has 1 aromatic rings. The molecular formula is C11H16N2O4. The van der Waals surface area contributed by atoms with E-state index in [1.54, 1.807) is 0 Å². The molecule has 0 saturated heterocycles. The first-order valence-corrected chi connectivity index (χ1v) is 5.22. The molecule has 0 radical (unpaired) electrons. The van der Waals surface area contributed by atoms with Crippen LogP contribution < -0.4 is 5.73 Å². The van der Waals surface area contributed by atoms with Gasteiger partial charge >= 0.3 is 5.97 Å². The summed E-state index contributed by atoms with van der Waals surface area (Å²) >= 11 is 0. The van der Waals surface area contributed by atoms with Gasteiger partial charge in [0.05, 0.1) is 4.92 Å². The third kappa shape index (κ3) is 5.07. The Labute approximate surface area is 99.2 Å². The van der Waals surface area contributed by atoms with Crippen molar-refractivity contribution in [1.82, 2.24) is 0 Å². The van der Waals surface area contributed by atoms with Gasteiger partial charge in [-0.1, -0.05) is 26.0 Å². The number of nitro groups is 1. The van der Waals surface area contributed by atoms with Crippen molar-refractivity contribution in [2.75, 3.05) is 0 Å². The summed E-state index contributed by atoms with van der Waals surface area (Å²) in [7, 11) is 0. The van der Waals surface area contributed by atoms with Gasteiger partial charge in [-0.05, 0) is 12.0 Å². The van der Waals surface area contributed by atoms with Gasteiger partial charge in [0, 0.05) is 12.1 Å². The molecule has 0 aliphatic rings. The number of hydrogen-bond donors (Lipinski definition) is 2. The normalized spacial score (nSPS) is 11.0. The van der Waals surface area contributed by atoms with Gasteiger partial charge in [0.25, 0.3) is 5.69 Å². The lowest BCUT2D eigenvalue weighted by Gasteiger charge is -2.05. The van der Waals surface area contributed by atoms with Crippen molar-refractivity contribution in [2.24, 2.45) is 5.73 Å². The van der Waals surface area contributed by atoms with Crippen molar-refractivity contribution in [3.63, 3.8) is 0 Å². The van der Waals surface area contributed by atoms with Crippen LogP contribution in [0.3, 0.4) is 0 Å². The number of nitrogens with two attached hydrogens (primary N) is 1. The minimum Gasteiger partial charge on any atom is -0.480 e. The molecule has 17 heavy (non-hydrogen) atoms. The summed E-state index contributed by atoms with van der Waals surface area (Å²) in [5.74, 6) is -1.09. The fourth-order valence-electron chi connectivity index (χ4n) is 1.09. The first-order valence-electron chi connectivity index (χ1n) is 5.22. The molecule has 0 aliphatic carbocycles. The monoisotopic (exact) mass is 240 g/mol. The topological polar surface area (TPSA) is 106 Å². The Morgan fingerprint density at radius 2 is 1.88 bits per heavy atom. The predicted octanol–water partition coefficient (Wildman–Crippen LogP) is 1.58. The zero-order chi connectivity index (χ0) is 13.4. The number of rotatable bonds is 4. The summed E-state index contributed by atoms with van der Waals surface area (Å²) < 4.78 is 0. The number of non-ortho nitro benzene ring substituents is 1. The number of carboxylic acids is 1. The Hall–Kier alpha value is -1.95. The highest BCUT2D eigenvalue weighted by Gasteiger charge is 2.12. The van der Waals surface area contributed by atoms with Crippen LogP contribution in [0.4, 0.5) is 5.69 Å². The van der Waals surface area contributed by atoms with Crippen LogP contribution in [0.1, 0.15) is 19.4 Å². The van der Waals surface area contributed by atoms with E-state index in [2.05, 4.69) is 0 Å². The van der Waals surface area contributed by atoms with E-state index in [9.17, 15) is 14.9 Å². The molecule has 1 atom stereocenters. The zero-order valence-electron chi connectivity index (χ0n) is 9.79. The molecule has 0 fully saturated rings. The quantitative estimate of drug-likeness (QED) is 0.613. The van der Waals surface area contributed by atoms with Crippen molar-refractivity contribution in [3.8, 4) is 0 Å². The van der Waals surface area contributed by atoms with Crippen LogP contribution in [0, 0.1) is 10.1 Å². The molecule has 1 rings (SSSR count). The van der Waals surface area contributed by atoms with Crippen LogP contribution in [0.25, 0.3) is 0 Å². The second-order valence-corrected chi connectivity index (χ2v) is 3.07. The Bertz CT molecular complexity index is 376. The number of carbonyl (C=O) groups is 1. The third-order valence-electron chi connectivity index (χ3n) is 1.92. The van der Waals surface area contributed by atoms with Crippen LogP contribution in [0.2, 0.25) is 0 Å². The molecule has 3 N–H and O–H groups in total. The van der Waals surface area contributed by atoms with Crippen molar-refractivity contribution < 1.29 is 14.8 Å². The van der Waals surface area contributed by atoms with Gasteiger partial charge < -0.3 is 10.8 Å². The van der Waals surface area contributed by atoms with E-state index >= 15 is 0 Å². The molecule has 94 valence electrons. The third-order valence-corrected chi connectivity index (χ3v) is 1.92. The number of hydrogen-bond acceptors (Lipinski definition) is 4. The second kappa shape index (κ2) is 7.34. The molecular weight excluding hydrogens is 224 g/mol. The molecule has 6 heteroatoms. The van der Waals surface area contributed by atoms with Crippen LogP contribution in [-0.2, 0) is 11.2 Å². The molecule has 0 aromatic heterocycles. The van der Waals surface area contributed by atoms with E-state index in [0.29, 0.717) is 5.56 Å². The summed E-state index contributed by atoms with van der Waals surface area (Å²) in [4.78, 5) is 20.3. The average molecular weight is 240 g/mol. The van der Waals surface area contributed by atoms with Gasteiger partial charge in [0.2, 0.25) is 0 Å². The van der Waals surface area contributed by atoms with Crippen LogP contribution >= 0.6 is 0 Å². The minimum absolute atomic E-state index is 0.0253. The van der Waals surface area contributed by atoms with Gasteiger partial charge in [0.15, 0.2) is 0 Å². The van der Waals surface area contributed by atoms with Gasteiger partial charge in [0.1, 0.15) is 6.04 Å². The average Bonchev–Trinajstić information content (AvgIpc) is 2.32. The lowest BCUT2D eigenvalue weighted by Crippen LogP contribution is -2.32. The maximum atomic E-state index is 10.4. The Kier molecular flexibility index (Phi) is 6.50. The lowest BCUT2D eigenvalue weighted by molar-refractivity contribution is -0.384. The van der Waals surface area contributed by atoms with E-state index in [-0.39, 0.29) is 12.1 Å². The van der Waals surface area contributed by atoms with Gasteiger partial charge in [-0.2, -0.15) is 0 Å². The molecule has 0 heterocycles. The number of nitro benzene ring substituents is 1. The minimum atomic E-state index is -1.09. The molecule has 0 spiro atoms. The fourth-order valence-corrected chi connectivity index (χ4v) is 1.09. The fraction of sp³-hybridized carbons (Fsp3) is 0.364. The van der Waals surface area contributed by atoms with Crippen molar-refractivity contribution >= 4 is 11.7 Å². The largest absolute Gasteiger partial charge is 0.480 e. The summed E-state index contributed by atoms with van der Waals surface area (Å²) in [6.07, 6.45) is 0.160. The first-order chi connectivity index (χ1) is 8.00. The highest BCUT2D eigenvalue weighted by Crippen LogP contribution is 2.12. The second-order valence-electron chi connectivity index (χ2n) is 3.07. The summed E-state index contributed by atoms with van der Waals surface area (Å²) in [5.41, 5.74) is 5.95. The molecule has 0 saturated carbocycles. The predicted molar refractivity (Wildman–Crippen MR) is 63.8 cm³/mol. The standard InChI is InChI=1S/C9H10N2O4.C2H6/c10-8(9(12)13)5-6-1-3-7(4-2-6)11(14)15;1-2/h1-4,8H,5,10H2,(H,12,13);1-2H3/t8-;/m0./s1. The van der Waals surface area contributed by atoms with E-state index in [1.165, 1.54) is 24.3 Å². The highest BCUT2D eigenvalue weighted by atomic mass is 16.6. The van der Waals surface area contributed by atoms with Crippen molar-refractivity contribution in [3.05, 3.63) is 39.9 Å². The molecule has 1 aromatic carbocycles. The molecule has 6 nitrogen and oxygen atoms in total. The van der Waals surface area contributed by atoms with Crippen molar-refractivity contribution in [2.45, 2.75) is 26.3 Å². The maximum Gasteiger partial charge on any atom is 0.320 e. The Morgan fingerprint density at radius 3 is 2.24 bits per heavy atom. The molecule has 0 aliphatic heterocycles. The first kappa shape index (κ1) is 15.0. The number of nitrogens with zero attached hydrogens (tertiary/aromatic N) is 1. The number of carboxylic acid groups (broad SMARTS) is 1. The maximum absolute atomic E-state index is 10.4. The Morgan fingerprint density at radius 1 is 1.41 bits per heavy atom.